The normalized spacial score (nSPS) is 10.2. The summed E-state index contributed by atoms with van der Waals surface area (Å²) in [6, 6.07) is 14.5. The largest absolute Gasteiger partial charge is 0.484 e. The van der Waals surface area contributed by atoms with Crippen LogP contribution in [0.25, 0.3) is 0 Å². The number of primary amides is 1. The Labute approximate surface area is 141 Å². The first kappa shape index (κ1) is 17.5. The second-order valence-corrected chi connectivity index (χ2v) is 5.54. The summed E-state index contributed by atoms with van der Waals surface area (Å²) in [5, 5.41) is 2.85. The van der Waals surface area contributed by atoms with Crippen molar-refractivity contribution < 1.29 is 14.3 Å². The van der Waals surface area contributed by atoms with Crippen molar-refractivity contribution in [3.8, 4) is 5.75 Å². The van der Waals surface area contributed by atoms with Gasteiger partial charge in [-0.25, -0.2) is 0 Å². The fourth-order valence-corrected chi connectivity index (χ4v) is 2.22. The standard InChI is InChI=1S/C19H22N2O3/c1-2-3-5-14-8-10-16(11-9-14)21-19(23)15-6-4-7-17(12-15)24-13-18(20)22/h4,6-12H,2-3,5,13H2,1H3,(H2,20,22)(H,21,23). The average molecular weight is 326 g/mol. The molecule has 3 N–H and O–H groups in total. The molecule has 0 saturated heterocycles. The molecule has 2 aromatic carbocycles. The molecule has 24 heavy (non-hydrogen) atoms. The van der Waals surface area contributed by atoms with E-state index in [1.807, 2.05) is 24.3 Å². The summed E-state index contributed by atoms with van der Waals surface area (Å²) >= 11 is 0. The van der Waals surface area contributed by atoms with Crippen molar-refractivity contribution in [3.63, 3.8) is 0 Å². The summed E-state index contributed by atoms with van der Waals surface area (Å²) in [6.45, 7) is 1.94. The van der Waals surface area contributed by atoms with Gasteiger partial charge < -0.3 is 15.8 Å². The summed E-state index contributed by atoms with van der Waals surface area (Å²) < 4.78 is 5.21. The van der Waals surface area contributed by atoms with Gasteiger partial charge in [0, 0.05) is 11.3 Å². The Kier molecular flexibility index (Phi) is 6.37. The molecule has 0 aliphatic rings. The quantitative estimate of drug-likeness (QED) is 0.782. The SMILES string of the molecule is CCCCc1ccc(NC(=O)c2cccc(OCC(N)=O)c2)cc1. The van der Waals surface area contributed by atoms with Gasteiger partial charge in [-0.2, -0.15) is 0 Å². The lowest BCUT2D eigenvalue weighted by Gasteiger charge is -2.08. The summed E-state index contributed by atoms with van der Waals surface area (Å²) in [5.74, 6) is -0.370. The Morgan fingerprint density at radius 2 is 1.88 bits per heavy atom. The predicted molar refractivity (Wildman–Crippen MR) is 94.1 cm³/mol. The molecule has 0 unspecified atom stereocenters. The lowest BCUT2D eigenvalue weighted by molar-refractivity contribution is -0.119. The predicted octanol–water partition coefficient (Wildman–Crippen LogP) is 3.15. The van der Waals surface area contributed by atoms with Gasteiger partial charge in [0.05, 0.1) is 0 Å². The van der Waals surface area contributed by atoms with Crippen LogP contribution in [0.3, 0.4) is 0 Å². The molecule has 0 spiro atoms. The maximum Gasteiger partial charge on any atom is 0.255 e. The first-order valence-electron chi connectivity index (χ1n) is 8.00. The highest BCUT2D eigenvalue weighted by molar-refractivity contribution is 6.04. The van der Waals surface area contributed by atoms with Crippen LogP contribution in [0.5, 0.6) is 5.75 Å². The average Bonchev–Trinajstić information content (AvgIpc) is 2.59. The number of amides is 2. The van der Waals surface area contributed by atoms with Gasteiger partial charge in [0.15, 0.2) is 6.61 Å². The zero-order chi connectivity index (χ0) is 17.4. The van der Waals surface area contributed by atoms with Crippen LogP contribution >= 0.6 is 0 Å². The molecule has 0 atom stereocenters. The smallest absolute Gasteiger partial charge is 0.255 e. The van der Waals surface area contributed by atoms with Gasteiger partial charge in [-0.05, 0) is 48.7 Å². The van der Waals surface area contributed by atoms with E-state index in [1.54, 1.807) is 24.3 Å². The highest BCUT2D eigenvalue weighted by Crippen LogP contribution is 2.16. The molecule has 126 valence electrons. The van der Waals surface area contributed by atoms with Gasteiger partial charge >= 0.3 is 0 Å². The van der Waals surface area contributed by atoms with Gasteiger partial charge in [-0.1, -0.05) is 31.5 Å². The molecule has 0 aliphatic heterocycles. The molecule has 0 aliphatic carbocycles. The van der Waals surface area contributed by atoms with Crippen molar-refractivity contribution in [2.75, 3.05) is 11.9 Å². The molecule has 5 nitrogen and oxygen atoms in total. The number of hydrogen-bond acceptors (Lipinski definition) is 3. The van der Waals surface area contributed by atoms with E-state index in [1.165, 1.54) is 5.56 Å². The molecule has 0 fully saturated rings. The zero-order valence-corrected chi connectivity index (χ0v) is 13.7. The maximum absolute atomic E-state index is 12.3. The molecule has 0 aromatic heterocycles. The van der Waals surface area contributed by atoms with Gasteiger partial charge in [-0.3, -0.25) is 9.59 Å². The van der Waals surface area contributed by atoms with E-state index in [0.717, 1.165) is 24.9 Å². The van der Waals surface area contributed by atoms with Crippen LogP contribution in [0, 0.1) is 0 Å². The van der Waals surface area contributed by atoms with E-state index in [4.69, 9.17) is 10.5 Å². The molecular formula is C19H22N2O3. The number of nitrogens with one attached hydrogen (secondary N) is 1. The number of unbranched alkanes of at least 4 members (excludes halogenated alkanes) is 1. The Balaban J connectivity index is 1.98. The number of carbonyl (C=O) groups excluding carboxylic acids is 2. The minimum atomic E-state index is -0.562. The van der Waals surface area contributed by atoms with Gasteiger partial charge in [0.1, 0.15) is 5.75 Å². The molecule has 2 rings (SSSR count). The van der Waals surface area contributed by atoms with E-state index in [0.29, 0.717) is 11.3 Å². The Hall–Kier alpha value is -2.82. The Bertz CT molecular complexity index is 696. The lowest BCUT2D eigenvalue weighted by atomic mass is 10.1. The van der Waals surface area contributed by atoms with Crippen molar-refractivity contribution in [3.05, 3.63) is 59.7 Å². The number of carbonyl (C=O) groups is 2. The monoisotopic (exact) mass is 326 g/mol. The van der Waals surface area contributed by atoms with Crippen LogP contribution in [0.2, 0.25) is 0 Å². The molecule has 5 heteroatoms. The number of anilines is 1. The van der Waals surface area contributed by atoms with Crippen LogP contribution in [0.1, 0.15) is 35.7 Å². The Morgan fingerprint density at radius 3 is 2.54 bits per heavy atom. The number of nitrogens with two attached hydrogens (primary N) is 1. The zero-order valence-electron chi connectivity index (χ0n) is 13.7. The van der Waals surface area contributed by atoms with Crippen molar-refractivity contribution >= 4 is 17.5 Å². The number of aryl methyl sites for hydroxylation is 1. The molecule has 2 aromatic rings. The summed E-state index contributed by atoms with van der Waals surface area (Å²) in [5.41, 5.74) is 7.49. The van der Waals surface area contributed by atoms with Crippen molar-refractivity contribution in [2.45, 2.75) is 26.2 Å². The van der Waals surface area contributed by atoms with Crippen LogP contribution in [-0.2, 0) is 11.2 Å². The first-order chi connectivity index (χ1) is 11.6. The van der Waals surface area contributed by atoms with Crippen molar-refractivity contribution in [2.24, 2.45) is 5.73 Å². The molecular weight excluding hydrogens is 304 g/mol. The second-order valence-electron chi connectivity index (χ2n) is 5.54. The number of hydrogen-bond donors (Lipinski definition) is 2. The molecule has 0 radical (unpaired) electrons. The highest BCUT2D eigenvalue weighted by atomic mass is 16.5. The van der Waals surface area contributed by atoms with E-state index in [2.05, 4.69) is 12.2 Å². The molecule has 2 amide bonds. The van der Waals surface area contributed by atoms with Crippen LogP contribution in [0.15, 0.2) is 48.5 Å². The van der Waals surface area contributed by atoms with Gasteiger partial charge in [-0.15, -0.1) is 0 Å². The van der Waals surface area contributed by atoms with E-state index in [-0.39, 0.29) is 12.5 Å². The fourth-order valence-electron chi connectivity index (χ4n) is 2.22. The lowest BCUT2D eigenvalue weighted by Crippen LogP contribution is -2.20. The van der Waals surface area contributed by atoms with Crippen LogP contribution in [-0.4, -0.2) is 18.4 Å². The van der Waals surface area contributed by atoms with Crippen LogP contribution in [0.4, 0.5) is 5.69 Å². The minimum Gasteiger partial charge on any atom is -0.484 e. The van der Waals surface area contributed by atoms with Gasteiger partial charge in [0.2, 0.25) is 0 Å². The van der Waals surface area contributed by atoms with E-state index >= 15 is 0 Å². The third kappa shape index (κ3) is 5.43. The number of ether oxygens (including phenoxy) is 1. The number of rotatable bonds is 8. The topological polar surface area (TPSA) is 81.4 Å². The number of benzene rings is 2. The maximum atomic E-state index is 12.3. The summed E-state index contributed by atoms with van der Waals surface area (Å²) in [6.07, 6.45) is 3.36. The van der Waals surface area contributed by atoms with Crippen molar-refractivity contribution in [1.82, 2.24) is 0 Å². The Morgan fingerprint density at radius 1 is 1.12 bits per heavy atom. The van der Waals surface area contributed by atoms with E-state index < -0.39 is 5.91 Å². The fraction of sp³-hybridized carbons (Fsp3) is 0.263. The minimum absolute atomic E-state index is 0.218. The molecule has 0 saturated carbocycles. The van der Waals surface area contributed by atoms with Gasteiger partial charge in [0.25, 0.3) is 11.8 Å². The third-order valence-electron chi connectivity index (χ3n) is 3.51. The summed E-state index contributed by atoms with van der Waals surface area (Å²) in [7, 11) is 0. The van der Waals surface area contributed by atoms with E-state index in [9.17, 15) is 9.59 Å². The third-order valence-corrected chi connectivity index (χ3v) is 3.51. The molecule has 0 bridgehead atoms. The molecule has 0 heterocycles. The van der Waals surface area contributed by atoms with Crippen molar-refractivity contribution in [1.29, 1.82) is 0 Å². The highest BCUT2D eigenvalue weighted by Gasteiger charge is 2.08. The first-order valence-corrected chi connectivity index (χ1v) is 8.00. The summed E-state index contributed by atoms with van der Waals surface area (Å²) in [4.78, 5) is 23.0. The second kappa shape index (κ2) is 8.72. The van der Waals surface area contributed by atoms with Crippen LogP contribution < -0.4 is 15.8 Å².